The number of benzene rings is 1. The predicted octanol–water partition coefficient (Wildman–Crippen LogP) is 2.58. The van der Waals surface area contributed by atoms with Crippen molar-refractivity contribution in [3.8, 4) is 6.07 Å². The summed E-state index contributed by atoms with van der Waals surface area (Å²) in [5.74, 6) is -0.0235. The van der Waals surface area contributed by atoms with Crippen LogP contribution in [0.4, 0.5) is 0 Å². The number of hydrogen-bond acceptors (Lipinski definition) is 4. The Morgan fingerprint density at radius 3 is 3.12 bits per heavy atom. The zero-order valence-corrected chi connectivity index (χ0v) is 14.0. The monoisotopic (exact) mass is 323 g/mol. The van der Waals surface area contributed by atoms with Crippen molar-refractivity contribution < 1.29 is 9.53 Å². The van der Waals surface area contributed by atoms with Crippen LogP contribution < -0.4 is 0 Å². The topological polar surface area (TPSA) is 69.1 Å². The van der Waals surface area contributed by atoms with Crippen LogP contribution in [0.3, 0.4) is 0 Å². The van der Waals surface area contributed by atoms with Crippen LogP contribution in [-0.2, 0) is 16.0 Å². The number of nitrogens with zero attached hydrogens (tertiary/aromatic N) is 2. The number of methoxy groups -OCH3 is 1. The predicted molar refractivity (Wildman–Crippen MR) is 90.5 cm³/mol. The number of piperidine rings is 1. The molecule has 1 saturated heterocycles. The summed E-state index contributed by atoms with van der Waals surface area (Å²) in [5, 5.41) is 10.6. The smallest absolute Gasteiger partial charge is 0.314 e. The summed E-state index contributed by atoms with van der Waals surface area (Å²) in [6, 6.07) is 8.91. The van der Waals surface area contributed by atoms with E-state index in [1.54, 1.807) is 0 Å². The van der Waals surface area contributed by atoms with E-state index < -0.39 is 5.41 Å². The van der Waals surface area contributed by atoms with Gasteiger partial charge in [0, 0.05) is 35.6 Å². The van der Waals surface area contributed by atoms with Gasteiger partial charge in [0.2, 0.25) is 0 Å². The van der Waals surface area contributed by atoms with Crippen LogP contribution in [0.25, 0.3) is 10.9 Å². The van der Waals surface area contributed by atoms with Crippen LogP contribution in [0, 0.1) is 16.7 Å². The number of esters is 1. The number of carbonyl (C=O) groups is 1. The number of likely N-dealkylation sites (tertiary alicyclic amines) is 1. The van der Waals surface area contributed by atoms with Crippen LogP contribution in [0.2, 0.25) is 0 Å². The average molecular weight is 323 g/mol. The molecule has 2 aliphatic rings. The highest BCUT2D eigenvalue weighted by molar-refractivity contribution is 5.88. The molecule has 2 heterocycles. The third-order valence-electron chi connectivity index (χ3n) is 5.88. The zero-order chi connectivity index (χ0) is 16.9. The van der Waals surface area contributed by atoms with Crippen molar-refractivity contribution in [3.63, 3.8) is 0 Å². The van der Waals surface area contributed by atoms with Gasteiger partial charge in [-0.2, -0.15) is 5.26 Å². The van der Waals surface area contributed by atoms with Crippen molar-refractivity contribution in [2.75, 3.05) is 20.7 Å². The van der Waals surface area contributed by atoms with Crippen molar-refractivity contribution in [1.82, 2.24) is 9.88 Å². The number of likely N-dealkylation sites (N-methyl/N-ethyl adjacent to an activating group) is 1. The summed E-state index contributed by atoms with van der Waals surface area (Å²) in [7, 11) is 3.48. The Hall–Kier alpha value is -2.32. The van der Waals surface area contributed by atoms with Gasteiger partial charge in [0.25, 0.3) is 0 Å². The Bertz CT molecular complexity index is 850. The van der Waals surface area contributed by atoms with Gasteiger partial charge >= 0.3 is 5.97 Å². The molecule has 124 valence electrons. The number of nitrogens with one attached hydrogen (secondary N) is 1. The van der Waals surface area contributed by atoms with Crippen LogP contribution >= 0.6 is 0 Å². The van der Waals surface area contributed by atoms with Gasteiger partial charge in [0.1, 0.15) is 0 Å². The fraction of sp³-hybridized carbons (Fsp3) is 0.474. The summed E-state index contributed by atoms with van der Waals surface area (Å²) in [6.45, 7) is 0.574. The first-order chi connectivity index (χ1) is 11.6. The normalized spacial score (nSPS) is 29.0. The molecule has 3 atom stereocenters. The highest BCUT2D eigenvalue weighted by Crippen LogP contribution is 2.49. The molecular weight excluding hydrogens is 302 g/mol. The molecule has 1 aliphatic carbocycles. The zero-order valence-electron chi connectivity index (χ0n) is 14.0. The molecule has 5 nitrogen and oxygen atoms in total. The van der Waals surface area contributed by atoms with Gasteiger partial charge in [-0.1, -0.05) is 12.1 Å². The number of hydrogen-bond donors (Lipinski definition) is 1. The van der Waals surface area contributed by atoms with Crippen molar-refractivity contribution >= 4 is 16.9 Å². The Kier molecular flexibility index (Phi) is 3.40. The molecule has 0 bridgehead atoms. The summed E-state index contributed by atoms with van der Waals surface area (Å²) in [4.78, 5) is 18.1. The van der Waals surface area contributed by atoms with Crippen LogP contribution in [0.1, 0.15) is 29.9 Å². The second-order valence-corrected chi connectivity index (χ2v) is 7.19. The standard InChI is InChI=1S/C19H21N3O2/c1-22-11-19(6-7-20,18(23)24-2)9-14-13-4-3-5-15-17(13)12(10-21-15)8-16(14)22/h3-5,10,14,16,21H,6,8-9,11H2,1-2H3/t14?,16-,19?/m1/s1. The van der Waals surface area contributed by atoms with E-state index >= 15 is 0 Å². The first kappa shape index (κ1) is 15.2. The molecule has 1 N–H and O–H groups in total. The number of rotatable bonds is 2. The van der Waals surface area contributed by atoms with Gasteiger partial charge in [0.15, 0.2) is 0 Å². The number of H-pyrrole nitrogens is 1. The van der Waals surface area contributed by atoms with E-state index in [0.717, 1.165) is 11.9 Å². The minimum atomic E-state index is -0.741. The summed E-state index contributed by atoms with van der Waals surface area (Å²) < 4.78 is 5.08. The molecule has 1 fully saturated rings. The molecule has 0 spiro atoms. The Labute approximate surface area is 141 Å². The Morgan fingerprint density at radius 1 is 1.54 bits per heavy atom. The fourth-order valence-corrected chi connectivity index (χ4v) is 4.84. The lowest BCUT2D eigenvalue weighted by molar-refractivity contribution is -0.157. The third-order valence-corrected chi connectivity index (χ3v) is 5.88. The van der Waals surface area contributed by atoms with Gasteiger partial charge in [-0.15, -0.1) is 0 Å². The summed E-state index contributed by atoms with van der Waals surface area (Å²) in [6.07, 6.45) is 3.95. The number of carbonyl (C=O) groups excluding carboxylic acids is 1. The van der Waals surface area contributed by atoms with Gasteiger partial charge in [0.05, 0.1) is 25.0 Å². The lowest BCUT2D eigenvalue weighted by atomic mass is 9.65. The van der Waals surface area contributed by atoms with Crippen molar-refractivity contribution in [1.29, 1.82) is 5.26 Å². The second kappa shape index (κ2) is 5.35. The van der Waals surface area contributed by atoms with E-state index in [2.05, 4.69) is 47.4 Å². The lowest BCUT2D eigenvalue weighted by Crippen LogP contribution is -2.55. The molecule has 0 amide bonds. The molecule has 0 radical (unpaired) electrons. The van der Waals surface area contributed by atoms with Crippen molar-refractivity contribution in [3.05, 3.63) is 35.5 Å². The maximum absolute atomic E-state index is 12.5. The highest BCUT2D eigenvalue weighted by atomic mass is 16.5. The maximum atomic E-state index is 12.5. The Balaban J connectivity index is 1.84. The van der Waals surface area contributed by atoms with E-state index in [4.69, 9.17) is 4.74 Å². The number of aromatic nitrogens is 1. The summed E-state index contributed by atoms with van der Waals surface area (Å²) in [5.41, 5.74) is 3.05. The molecular formula is C19H21N3O2. The van der Waals surface area contributed by atoms with E-state index in [-0.39, 0.29) is 18.3 Å². The van der Waals surface area contributed by atoms with Crippen LogP contribution in [0.5, 0.6) is 0 Å². The minimum Gasteiger partial charge on any atom is -0.469 e. The van der Waals surface area contributed by atoms with E-state index in [0.29, 0.717) is 19.0 Å². The van der Waals surface area contributed by atoms with Crippen LogP contribution in [0.15, 0.2) is 24.4 Å². The number of fused-ring (bicyclic) bond motifs is 2. The molecule has 1 aliphatic heterocycles. The second-order valence-electron chi connectivity index (χ2n) is 7.19. The van der Waals surface area contributed by atoms with Crippen LogP contribution in [-0.4, -0.2) is 42.6 Å². The molecule has 2 aromatic rings. The average Bonchev–Trinajstić information content (AvgIpc) is 3.00. The molecule has 4 rings (SSSR count). The molecule has 5 heteroatoms. The quantitative estimate of drug-likeness (QED) is 0.863. The van der Waals surface area contributed by atoms with Gasteiger partial charge in [-0.05, 0) is 37.1 Å². The summed E-state index contributed by atoms with van der Waals surface area (Å²) >= 11 is 0. The largest absolute Gasteiger partial charge is 0.469 e. The number of aromatic amines is 1. The number of ether oxygens (including phenoxy) is 1. The Morgan fingerprint density at radius 2 is 2.38 bits per heavy atom. The number of nitriles is 1. The molecule has 0 saturated carbocycles. The highest BCUT2D eigenvalue weighted by Gasteiger charge is 2.51. The molecule has 24 heavy (non-hydrogen) atoms. The minimum absolute atomic E-state index is 0.198. The van der Waals surface area contributed by atoms with E-state index in [1.165, 1.54) is 23.6 Å². The van der Waals surface area contributed by atoms with Crippen molar-refractivity contribution in [2.24, 2.45) is 5.41 Å². The lowest BCUT2D eigenvalue weighted by Gasteiger charge is -2.49. The van der Waals surface area contributed by atoms with Crippen molar-refractivity contribution in [2.45, 2.75) is 31.2 Å². The molecule has 2 unspecified atom stereocenters. The van der Waals surface area contributed by atoms with E-state index in [9.17, 15) is 10.1 Å². The molecule has 1 aromatic heterocycles. The SMILES string of the molecule is COC(=O)C1(CC#N)CC2c3cccc4[nH]cc(c34)C[C@H]2N(C)C1. The van der Waals surface area contributed by atoms with E-state index in [1.807, 2.05) is 0 Å². The van der Waals surface area contributed by atoms with Gasteiger partial charge in [-0.25, -0.2) is 0 Å². The fourth-order valence-electron chi connectivity index (χ4n) is 4.84. The maximum Gasteiger partial charge on any atom is 0.314 e. The third kappa shape index (κ3) is 1.99. The van der Waals surface area contributed by atoms with Gasteiger partial charge in [-0.3, -0.25) is 4.79 Å². The first-order valence-electron chi connectivity index (χ1n) is 8.34. The molecule has 1 aromatic carbocycles. The first-order valence-corrected chi connectivity index (χ1v) is 8.34. The van der Waals surface area contributed by atoms with Gasteiger partial charge < -0.3 is 14.6 Å².